The average molecular weight is 1540 g/mol. The Morgan fingerprint density at radius 1 is 0.133 bits per heavy atom. The molecular formula is C114H82N6. The first-order valence-corrected chi connectivity index (χ1v) is 41.0. The predicted molar refractivity (Wildman–Crippen MR) is 507 cm³/mol. The van der Waals surface area contributed by atoms with Gasteiger partial charge in [0.1, 0.15) is 0 Å². The normalized spacial score (nSPS) is 11.2. The number of nitrogens with zero attached hydrogens (tertiary/aromatic N) is 6. The summed E-state index contributed by atoms with van der Waals surface area (Å²) < 4.78 is 4.87. The molecule has 0 bridgehead atoms. The number of hydrogen-bond donors (Lipinski definition) is 0. The van der Waals surface area contributed by atoms with Gasteiger partial charge in [0.25, 0.3) is 0 Å². The van der Waals surface area contributed by atoms with Gasteiger partial charge in [0, 0.05) is 78.4 Å². The van der Waals surface area contributed by atoms with Gasteiger partial charge in [0.05, 0.1) is 44.8 Å². The van der Waals surface area contributed by atoms with Crippen LogP contribution >= 0.6 is 0 Å². The van der Waals surface area contributed by atoms with Crippen LogP contribution in [0.15, 0.2) is 497 Å². The molecule has 21 rings (SSSR count). The first-order chi connectivity index (χ1) is 59.6. The highest BCUT2D eigenvalue weighted by atomic mass is 15.2. The van der Waals surface area contributed by atoms with Crippen LogP contribution in [0.2, 0.25) is 0 Å². The Morgan fingerprint density at radius 3 is 0.683 bits per heavy atom. The number of para-hydroxylation sites is 8. The van der Waals surface area contributed by atoms with Crippen molar-refractivity contribution in [3.8, 4) is 67.0 Å². The molecule has 0 atom stereocenters. The van der Waals surface area contributed by atoms with E-state index in [1.165, 1.54) is 71.6 Å². The van der Waals surface area contributed by atoms with E-state index < -0.39 is 0 Å². The molecule has 0 N–H and O–H groups in total. The van der Waals surface area contributed by atoms with Crippen LogP contribution in [0, 0.1) is 0 Å². The monoisotopic (exact) mass is 1530 g/mol. The first-order valence-electron chi connectivity index (χ1n) is 41.0. The molecule has 568 valence electrons. The second-order valence-electron chi connectivity index (χ2n) is 30.0. The van der Waals surface area contributed by atoms with Crippen LogP contribution in [0.5, 0.6) is 0 Å². The van der Waals surface area contributed by atoms with Gasteiger partial charge in [-0.1, -0.05) is 340 Å². The third-order valence-electron chi connectivity index (χ3n) is 22.7. The number of anilines is 12. The number of aromatic nitrogens is 2. The van der Waals surface area contributed by atoms with Gasteiger partial charge in [-0.05, 0) is 213 Å². The maximum absolute atomic E-state index is 2.44. The Hall–Kier alpha value is -16.0. The smallest absolute Gasteiger partial charge is 0.0583 e. The lowest BCUT2D eigenvalue weighted by Crippen LogP contribution is -2.14. The number of rotatable bonds is 19. The Kier molecular flexibility index (Phi) is 20.1. The van der Waals surface area contributed by atoms with Gasteiger partial charge in [0.2, 0.25) is 0 Å². The summed E-state index contributed by atoms with van der Waals surface area (Å²) in [6.07, 6.45) is 0. The lowest BCUT2D eigenvalue weighted by atomic mass is 10.00. The molecule has 0 amide bonds. The van der Waals surface area contributed by atoms with E-state index in [4.69, 9.17) is 0 Å². The lowest BCUT2D eigenvalue weighted by molar-refractivity contribution is 1.17. The number of fused-ring (bicyclic) bond motifs is 6. The first kappa shape index (κ1) is 72.9. The molecular weight excluding hydrogens is 1450 g/mol. The van der Waals surface area contributed by atoms with Crippen molar-refractivity contribution >= 4 is 112 Å². The molecule has 0 radical (unpaired) electrons. The fraction of sp³-hybridized carbons (Fsp3) is 0. The minimum Gasteiger partial charge on any atom is -0.310 e. The minimum atomic E-state index is 1.05. The fourth-order valence-electron chi connectivity index (χ4n) is 17.1. The van der Waals surface area contributed by atoms with Crippen LogP contribution in [-0.4, -0.2) is 9.13 Å². The molecule has 19 aromatic carbocycles. The molecule has 6 nitrogen and oxygen atoms in total. The maximum atomic E-state index is 2.44. The van der Waals surface area contributed by atoms with Crippen LogP contribution in [-0.2, 0) is 0 Å². The summed E-state index contributed by atoms with van der Waals surface area (Å²) in [5.41, 5.74) is 31.5. The van der Waals surface area contributed by atoms with E-state index >= 15 is 0 Å². The van der Waals surface area contributed by atoms with Crippen molar-refractivity contribution < 1.29 is 0 Å². The lowest BCUT2D eigenvalue weighted by Gasteiger charge is -2.30. The van der Waals surface area contributed by atoms with Crippen molar-refractivity contribution in [3.63, 3.8) is 0 Å². The molecule has 6 heteroatoms. The molecule has 21 aromatic rings. The standard InChI is InChI=1S/C60H43N3.C54H39N3/c1-6-18-44(19-7-1)46-30-32-47(33-31-46)49-34-38-53(39-35-49)62(52-26-14-5-15-27-52)58-42-55(61(50-22-10-3-11-23-50)51-24-12-4-13-25-51)43-59-60(58)56-28-16-17-29-57(56)63(59)54-40-36-48(37-41-54)45-20-8-2-9-21-45;1-6-19-40(20-7-1)42-33-35-47(36-34-42)57-51-32-17-16-31-50(51)54-52(38-49(39-53(54)57)55(44-24-10-3-11-25-44)45-26-12-4-13-27-45)56(46-28-14-5-15-29-46)48-30-18-23-43(37-48)41-21-8-2-9-22-41/h1-43H;1-39H. The molecule has 0 saturated heterocycles. The topological polar surface area (TPSA) is 22.8 Å². The van der Waals surface area contributed by atoms with Crippen LogP contribution < -0.4 is 19.6 Å². The van der Waals surface area contributed by atoms with Gasteiger partial charge >= 0.3 is 0 Å². The fourth-order valence-corrected chi connectivity index (χ4v) is 17.1. The highest BCUT2D eigenvalue weighted by molar-refractivity contribution is 6.20. The van der Waals surface area contributed by atoms with Crippen molar-refractivity contribution in [3.05, 3.63) is 497 Å². The molecule has 0 spiro atoms. The molecule has 0 aliphatic rings. The van der Waals surface area contributed by atoms with Crippen molar-refractivity contribution in [2.45, 2.75) is 0 Å². The largest absolute Gasteiger partial charge is 0.310 e. The summed E-state index contributed by atoms with van der Waals surface area (Å²) in [6, 6.07) is 179. The predicted octanol–water partition coefficient (Wildman–Crippen LogP) is 31.8. The van der Waals surface area contributed by atoms with Gasteiger partial charge in [-0.2, -0.15) is 0 Å². The van der Waals surface area contributed by atoms with Gasteiger partial charge in [-0.25, -0.2) is 0 Å². The van der Waals surface area contributed by atoms with E-state index in [2.05, 4.69) is 526 Å². The number of benzene rings is 19. The van der Waals surface area contributed by atoms with E-state index in [0.717, 1.165) is 107 Å². The summed E-state index contributed by atoms with van der Waals surface area (Å²) in [5, 5.41) is 4.72. The van der Waals surface area contributed by atoms with Gasteiger partial charge in [-0.3, -0.25) is 0 Å². The summed E-state index contributed by atoms with van der Waals surface area (Å²) >= 11 is 0. The molecule has 0 aliphatic heterocycles. The van der Waals surface area contributed by atoms with Crippen molar-refractivity contribution in [1.82, 2.24) is 9.13 Å². The van der Waals surface area contributed by atoms with Crippen LogP contribution in [0.25, 0.3) is 111 Å². The minimum absolute atomic E-state index is 1.05. The van der Waals surface area contributed by atoms with Crippen LogP contribution in [0.3, 0.4) is 0 Å². The zero-order valence-corrected chi connectivity index (χ0v) is 66.0. The van der Waals surface area contributed by atoms with E-state index in [1.807, 2.05) is 0 Å². The maximum Gasteiger partial charge on any atom is 0.0583 e. The highest BCUT2D eigenvalue weighted by Gasteiger charge is 2.28. The number of hydrogen-bond acceptors (Lipinski definition) is 4. The van der Waals surface area contributed by atoms with Gasteiger partial charge in [-0.15, -0.1) is 0 Å². The molecule has 2 aromatic heterocycles. The zero-order valence-electron chi connectivity index (χ0n) is 66.0. The zero-order chi connectivity index (χ0) is 79.9. The average Bonchev–Trinajstić information content (AvgIpc) is 1.56. The second-order valence-corrected chi connectivity index (χ2v) is 30.0. The molecule has 120 heavy (non-hydrogen) atoms. The summed E-state index contributed by atoms with van der Waals surface area (Å²) in [7, 11) is 0. The van der Waals surface area contributed by atoms with E-state index in [-0.39, 0.29) is 0 Å². The van der Waals surface area contributed by atoms with Crippen LogP contribution in [0.1, 0.15) is 0 Å². The molecule has 0 unspecified atom stereocenters. The van der Waals surface area contributed by atoms with Gasteiger partial charge < -0.3 is 28.7 Å². The van der Waals surface area contributed by atoms with Crippen molar-refractivity contribution in [2.75, 3.05) is 19.6 Å². The molecule has 0 saturated carbocycles. The SMILES string of the molecule is c1ccc(-c2ccc(-c3ccc(N(c4ccccc4)c4cc(N(c5ccccc5)c5ccccc5)cc5c4c4ccccc4n5-c4ccc(-c5ccccc5)cc4)cc3)cc2)cc1.c1ccc(-c2ccc(-n3c4ccccc4c4c(N(c5ccccc5)c5cccc(-c6ccccc6)c5)cc(N(c5ccccc5)c5ccccc5)cc43)cc2)cc1. The third-order valence-corrected chi connectivity index (χ3v) is 22.7. The summed E-state index contributed by atoms with van der Waals surface area (Å²) in [6.45, 7) is 0. The van der Waals surface area contributed by atoms with E-state index in [1.54, 1.807) is 0 Å². The molecule has 0 fully saturated rings. The van der Waals surface area contributed by atoms with E-state index in [9.17, 15) is 0 Å². The molecule has 0 aliphatic carbocycles. The molecule has 2 heterocycles. The Balaban J connectivity index is 0.000000154. The van der Waals surface area contributed by atoms with E-state index in [0.29, 0.717) is 0 Å². The second kappa shape index (κ2) is 33.1. The van der Waals surface area contributed by atoms with Crippen molar-refractivity contribution in [2.24, 2.45) is 0 Å². The highest BCUT2D eigenvalue weighted by Crippen LogP contribution is 2.52. The van der Waals surface area contributed by atoms with Gasteiger partial charge in [0.15, 0.2) is 0 Å². The Labute approximate surface area is 700 Å². The Morgan fingerprint density at radius 2 is 0.358 bits per heavy atom. The third kappa shape index (κ3) is 14.5. The summed E-state index contributed by atoms with van der Waals surface area (Å²) in [5.74, 6) is 0. The Bertz CT molecular complexity index is 6980. The van der Waals surface area contributed by atoms with Crippen molar-refractivity contribution in [1.29, 1.82) is 0 Å². The summed E-state index contributed by atoms with van der Waals surface area (Å²) in [4.78, 5) is 9.60. The quantitative estimate of drug-likeness (QED) is 0.0805. The van der Waals surface area contributed by atoms with Crippen LogP contribution in [0.4, 0.5) is 68.2 Å².